The lowest BCUT2D eigenvalue weighted by molar-refractivity contribution is -0.119. The molecule has 0 aliphatic heterocycles. The van der Waals surface area contributed by atoms with Crippen LogP contribution in [0.3, 0.4) is 0 Å². The maximum Gasteiger partial charge on any atom is 0.255 e. The van der Waals surface area contributed by atoms with Gasteiger partial charge < -0.3 is 10.5 Å². The Morgan fingerprint density at radius 3 is 2.81 bits per heavy atom. The van der Waals surface area contributed by atoms with Crippen molar-refractivity contribution in [1.82, 2.24) is 0 Å². The topological polar surface area (TPSA) is 52.3 Å². The van der Waals surface area contributed by atoms with Crippen LogP contribution in [0, 0.1) is 5.82 Å². The van der Waals surface area contributed by atoms with Crippen molar-refractivity contribution in [3.63, 3.8) is 0 Å². The highest BCUT2D eigenvalue weighted by molar-refractivity contribution is 7.99. The van der Waals surface area contributed by atoms with Gasteiger partial charge in [-0.15, -0.1) is 21.0 Å². The molecule has 0 saturated heterocycles. The summed E-state index contributed by atoms with van der Waals surface area (Å²) in [5.74, 6) is -0.185. The second-order valence-corrected chi connectivity index (χ2v) is 4.97. The first-order valence-corrected chi connectivity index (χ1v) is 6.23. The second kappa shape index (κ2) is 6.06. The molecule has 0 spiro atoms. The Hall–Kier alpha value is -0.800. The standard InChI is InChI=1S/C10H13FNO2PS/c1-2-16-6-3-7(11)10(8(15)4-6)14-5-9(12)13/h3-4H,2,5,15H2,1H3,(H2,12,13). The summed E-state index contributed by atoms with van der Waals surface area (Å²) < 4.78 is 18.6. The van der Waals surface area contributed by atoms with E-state index in [1.165, 1.54) is 17.8 Å². The Morgan fingerprint density at radius 2 is 2.31 bits per heavy atom. The third kappa shape index (κ3) is 3.65. The van der Waals surface area contributed by atoms with Crippen LogP contribution in [-0.4, -0.2) is 18.3 Å². The van der Waals surface area contributed by atoms with E-state index in [2.05, 4.69) is 9.24 Å². The molecule has 0 aliphatic rings. The maximum atomic E-state index is 13.6. The van der Waals surface area contributed by atoms with E-state index in [9.17, 15) is 9.18 Å². The molecule has 0 aromatic heterocycles. The predicted molar refractivity (Wildman–Crippen MR) is 66.8 cm³/mol. The van der Waals surface area contributed by atoms with Crippen LogP contribution in [0.2, 0.25) is 0 Å². The molecule has 2 N–H and O–H groups in total. The number of carbonyl (C=O) groups excluding carboxylic acids is 1. The third-order valence-electron chi connectivity index (χ3n) is 1.72. The molecule has 0 bridgehead atoms. The number of hydrogen-bond donors (Lipinski definition) is 1. The fraction of sp³-hybridized carbons (Fsp3) is 0.300. The molecular weight excluding hydrogens is 248 g/mol. The van der Waals surface area contributed by atoms with Gasteiger partial charge in [-0.05, 0) is 17.9 Å². The molecule has 16 heavy (non-hydrogen) atoms. The summed E-state index contributed by atoms with van der Waals surface area (Å²) in [6.07, 6.45) is 0. The molecule has 6 heteroatoms. The van der Waals surface area contributed by atoms with Gasteiger partial charge in [0.2, 0.25) is 0 Å². The van der Waals surface area contributed by atoms with Crippen LogP contribution >= 0.6 is 21.0 Å². The van der Waals surface area contributed by atoms with Crippen molar-refractivity contribution in [1.29, 1.82) is 0 Å². The van der Waals surface area contributed by atoms with Gasteiger partial charge in [0.05, 0.1) is 0 Å². The van der Waals surface area contributed by atoms with Crippen LogP contribution in [0.25, 0.3) is 0 Å². The number of halogens is 1. The zero-order valence-corrected chi connectivity index (χ0v) is 10.8. The monoisotopic (exact) mass is 261 g/mol. The summed E-state index contributed by atoms with van der Waals surface area (Å²) in [6.45, 7) is 1.67. The largest absolute Gasteiger partial charge is 0.480 e. The van der Waals surface area contributed by atoms with Gasteiger partial charge in [-0.3, -0.25) is 4.79 Å². The predicted octanol–water partition coefficient (Wildman–Crippen LogP) is 1.30. The first-order chi connectivity index (χ1) is 7.54. The quantitative estimate of drug-likeness (QED) is 0.642. The number of benzene rings is 1. The van der Waals surface area contributed by atoms with E-state index in [0.717, 1.165) is 10.6 Å². The van der Waals surface area contributed by atoms with Crippen LogP contribution in [0.15, 0.2) is 17.0 Å². The number of primary amides is 1. The molecule has 0 saturated carbocycles. The molecule has 1 unspecified atom stereocenters. The zero-order valence-electron chi connectivity index (χ0n) is 8.83. The molecule has 1 rings (SSSR count). The van der Waals surface area contributed by atoms with E-state index >= 15 is 0 Å². The third-order valence-corrected chi connectivity index (χ3v) is 3.00. The lowest BCUT2D eigenvalue weighted by Gasteiger charge is -2.10. The van der Waals surface area contributed by atoms with Crippen molar-refractivity contribution in [2.75, 3.05) is 12.4 Å². The molecule has 0 radical (unpaired) electrons. The number of thioether (sulfide) groups is 1. The lowest BCUT2D eigenvalue weighted by atomic mass is 10.3. The molecule has 3 nitrogen and oxygen atoms in total. The van der Waals surface area contributed by atoms with Crippen LogP contribution in [0.1, 0.15) is 6.92 Å². The Labute approximate surface area is 100 Å². The number of nitrogens with two attached hydrogens (primary N) is 1. The molecule has 1 aromatic carbocycles. The average Bonchev–Trinajstić information content (AvgIpc) is 2.16. The lowest BCUT2D eigenvalue weighted by Crippen LogP contribution is -2.22. The molecular formula is C10H13FNO2PS. The second-order valence-electron chi connectivity index (χ2n) is 3.01. The number of carbonyl (C=O) groups is 1. The van der Waals surface area contributed by atoms with E-state index in [0.29, 0.717) is 5.30 Å². The van der Waals surface area contributed by atoms with E-state index in [-0.39, 0.29) is 12.4 Å². The van der Waals surface area contributed by atoms with Gasteiger partial charge in [0.1, 0.15) is 0 Å². The molecule has 1 aromatic rings. The molecule has 1 atom stereocenters. The summed E-state index contributed by atoms with van der Waals surface area (Å²) in [5.41, 5.74) is 4.92. The Kier molecular flexibility index (Phi) is 5.03. The minimum Gasteiger partial charge on any atom is -0.480 e. The summed E-state index contributed by atoms with van der Waals surface area (Å²) in [7, 11) is 2.38. The van der Waals surface area contributed by atoms with E-state index < -0.39 is 11.7 Å². The van der Waals surface area contributed by atoms with E-state index in [1.807, 2.05) is 6.92 Å². The van der Waals surface area contributed by atoms with Crippen molar-refractivity contribution in [2.45, 2.75) is 11.8 Å². The highest BCUT2D eigenvalue weighted by Crippen LogP contribution is 2.24. The number of rotatable bonds is 5. The molecule has 88 valence electrons. The SMILES string of the molecule is CCSc1cc(F)c(OCC(N)=O)c(P)c1. The van der Waals surface area contributed by atoms with Gasteiger partial charge in [0.15, 0.2) is 18.2 Å². The Balaban J connectivity index is 2.89. The summed E-state index contributed by atoms with van der Waals surface area (Å²) in [4.78, 5) is 11.4. The Bertz CT molecular complexity index is 377. The van der Waals surface area contributed by atoms with Gasteiger partial charge in [-0.25, -0.2) is 4.39 Å². The molecule has 0 fully saturated rings. The number of amides is 1. The highest BCUT2D eigenvalue weighted by atomic mass is 32.2. The van der Waals surface area contributed by atoms with E-state index in [1.54, 1.807) is 6.07 Å². The fourth-order valence-corrected chi connectivity index (χ4v) is 2.39. The van der Waals surface area contributed by atoms with Crippen molar-refractivity contribution >= 4 is 32.2 Å². The van der Waals surface area contributed by atoms with Crippen molar-refractivity contribution < 1.29 is 13.9 Å². The van der Waals surface area contributed by atoms with Gasteiger partial charge in [-0.1, -0.05) is 6.92 Å². The Morgan fingerprint density at radius 1 is 1.62 bits per heavy atom. The van der Waals surface area contributed by atoms with Crippen LogP contribution in [0.4, 0.5) is 4.39 Å². The normalized spacial score (nSPS) is 10.2. The van der Waals surface area contributed by atoms with Crippen molar-refractivity contribution in [2.24, 2.45) is 5.73 Å². The maximum absolute atomic E-state index is 13.6. The molecule has 0 heterocycles. The van der Waals surface area contributed by atoms with Crippen LogP contribution in [-0.2, 0) is 4.79 Å². The average molecular weight is 261 g/mol. The summed E-state index contributed by atoms with van der Waals surface area (Å²) >= 11 is 1.54. The number of ether oxygens (including phenoxy) is 1. The van der Waals surface area contributed by atoms with Crippen molar-refractivity contribution in [3.05, 3.63) is 17.9 Å². The zero-order chi connectivity index (χ0) is 12.1. The first-order valence-electron chi connectivity index (χ1n) is 4.67. The smallest absolute Gasteiger partial charge is 0.255 e. The summed E-state index contributed by atoms with van der Waals surface area (Å²) in [6, 6.07) is 3.18. The van der Waals surface area contributed by atoms with Gasteiger partial charge >= 0.3 is 0 Å². The minimum absolute atomic E-state index is 0.0595. The summed E-state index contributed by atoms with van der Waals surface area (Å²) in [5, 5.41) is 0.581. The van der Waals surface area contributed by atoms with Crippen LogP contribution < -0.4 is 15.8 Å². The first kappa shape index (κ1) is 13.3. The molecule has 1 amide bonds. The molecule has 0 aliphatic carbocycles. The van der Waals surface area contributed by atoms with Crippen LogP contribution in [0.5, 0.6) is 5.75 Å². The highest BCUT2D eigenvalue weighted by Gasteiger charge is 2.10. The fourth-order valence-electron chi connectivity index (χ4n) is 1.13. The van der Waals surface area contributed by atoms with Gasteiger partial charge in [0.25, 0.3) is 5.91 Å². The van der Waals surface area contributed by atoms with Crippen molar-refractivity contribution in [3.8, 4) is 5.75 Å². The van der Waals surface area contributed by atoms with Gasteiger partial charge in [0, 0.05) is 10.2 Å². The minimum atomic E-state index is -0.629. The van der Waals surface area contributed by atoms with E-state index in [4.69, 9.17) is 10.5 Å². The van der Waals surface area contributed by atoms with Gasteiger partial charge in [-0.2, -0.15) is 0 Å². The number of hydrogen-bond acceptors (Lipinski definition) is 3.